The summed E-state index contributed by atoms with van der Waals surface area (Å²) in [5.41, 5.74) is 1.03. The minimum absolute atomic E-state index is 0.0255. The zero-order valence-electron chi connectivity index (χ0n) is 11.7. The average molecular weight is 369 g/mol. The molecule has 0 unspecified atom stereocenters. The van der Waals surface area contributed by atoms with Crippen molar-refractivity contribution < 1.29 is 9.53 Å². The first-order valence-electron chi connectivity index (χ1n) is 6.50. The number of rotatable bonds is 4. The molecule has 2 rings (SSSR count). The summed E-state index contributed by atoms with van der Waals surface area (Å²) in [6, 6.07) is 12.5. The number of hydrogen-bond donors (Lipinski definition) is 1. The highest BCUT2D eigenvalue weighted by Gasteiger charge is 2.14. The molecule has 1 N–H and O–H groups in total. The monoisotopic (exact) mass is 367 g/mol. The summed E-state index contributed by atoms with van der Waals surface area (Å²) in [5.74, 6) is 0.355. The lowest BCUT2D eigenvalue weighted by Gasteiger charge is -2.15. The van der Waals surface area contributed by atoms with E-state index in [1.165, 1.54) is 0 Å². The molecule has 0 aromatic heterocycles. The molecule has 110 valence electrons. The number of anilines is 1. The van der Waals surface area contributed by atoms with Gasteiger partial charge in [-0.05, 0) is 54.0 Å². The van der Waals surface area contributed by atoms with E-state index in [1.54, 1.807) is 24.3 Å². The van der Waals surface area contributed by atoms with Crippen LogP contribution in [0.4, 0.5) is 5.69 Å². The molecule has 0 aliphatic heterocycles. The topological polar surface area (TPSA) is 38.3 Å². The number of halogens is 2. The van der Waals surface area contributed by atoms with Gasteiger partial charge in [-0.3, -0.25) is 4.79 Å². The molecule has 0 spiro atoms. The van der Waals surface area contributed by atoms with Crippen LogP contribution >= 0.6 is 27.5 Å². The third-order valence-corrected chi connectivity index (χ3v) is 3.99. The number of benzene rings is 2. The van der Waals surface area contributed by atoms with Gasteiger partial charge in [0.25, 0.3) is 5.91 Å². The second-order valence-electron chi connectivity index (χ2n) is 4.72. The maximum absolute atomic E-state index is 12.4. The van der Waals surface area contributed by atoms with E-state index < -0.39 is 0 Å². The summed E-state index contributed by atoms with van der Waals surface area (Å²) in [4.78, 5) is 12.4. The van der Waals surface area contributed by atoms with Gasteiger partial charge in [0.1, 0.15) is 5.75 Å². The third kappa shape index (κ3) is 3.99. The molecule has 0 aliphatic rings. The lowest BCUT2D eigenvalue weighted by Crippen LogP contribution is -2.15. The van der Waals surface area contributed by atoms with E-state index in [0.29, 0.717) is 26.5 Å². The van der Waals surface area contributed by atoms with E-state index in [4.69, 9.17) is 16.3 Å². The van der Waals surface area contributed by atoms with Gasteiger partial charge in [-0.15, -0.1) is 0 Å². The van der Waals surface area contributed by atoms with Gasteiger partial charge in [-0.2, -0.15) is 0 Å². The number of amides is 1. The third-order valence-electron chi connectivity index (χ3n) is 2.69. The quantitative estimate of drug-likeness (QED) is 0.811. The van der Waals surface area contributed by atoms with Crippen molar-refractivity contribution in [1.29, 1.82) is 0 Å². The Kier molecular flexibility index (Phi) is 5.26. The molecule has 2 aromatic carbocycles. The zero-order chi connectivity index (χ0) is 15.4. The van der Waals surface area contributed by atoms with Gasteiger partial charge in [0, 0.05) is 4.47 Å². The first-order valence-corrected chi connectivity index (χ1v) is 7.67. The van der Waals surface area contributed by atoms with Crippen molar-refractivity contribution in [3.05, 3.63) is 57.5 Å². The molecule has 21 heavy (non-hydrogen) atoms. The van der Waals surface area contributed by atoms with Crippen molar-refractivity contribution >= 4 is 39.1 Å². The second-order valence-corrected chi connectivity index (χ2v) is 5.95. The van der Waals surface area contributed by atoms with Gasteiger partial charge in [0.05, 0.1) is 22.4 Å². The second kappa shape index (κ2) is 6.96. The molecule has 0 bridgehead atoms. The Balaban J connectivity index is 2.26. The highest BCUT2D eigenvalue weighted by Crippen LogP contribution is 2.29. The maximum atomic E-state index is 12.4. The van der Waals surface area contributed by atoms with Crippen LogP contribution in [0.1, 0.15) is 24.2 Å². The van der Waals surface area contributed by atoms with E-state index in [2.05, 4.69) is 21.2 Å². The van der Waals surface area contributed by atoms with Crippen LogP contribution in [-0.2, 0) is 0 Å². The first kappa shape index (κ1) is 15.9. The molecule has 2 aromatic rings. The number of ether oxygens (including phenoxy) is 1. The van der Waals surface area contributed by atoms with E-state index in [9.17, 15) is 4.79 Å². The van der Waals surface area contributed by atoms with Crippen LogP contribution in [0.5, 0.6) is 5.75 Å². The van der Waals surface area contributed by atoms with Crippen molar-refractivity contribution in [1.82, 2.24) is 0 Å². The maximum Gasteiger partial charge on any atom is 0.257 e. The zero-order valence-corrected chi connectivity index (χ0v) is 14.0. The Labute approximate surface area is 137 Å². The predicted molar refractivity (Wildman–Crippen MR) is 89.3 cm³/mol. The van der Waals surface area contributed by atoms with E-state index in [1.807, 2.05) is 32.0 Å². The van der Waals surface area contributed by atoms with Crippen molar-refractivity contribution in [3.63, 3.8) is 0 Å². The molecular formula is C16H15BrClNO2. The minimum atomic E-state index is -0.277. The van der Waals surface area contributed by atoms with Crippen LogP contribution in [0.15, 0.2) is 46.9 Å². The van der Waals surface area contributed by atoms with Gasteiger partial charge in [0.2, 0.25) is 0 Å². The standard InChI is InChI=1S/C16H15BrClNO2/c1-10(2)21-14-9-4-3-8-13(14)19-16(20)11-6-5-7-12(17)15(11)18/h3-10H,1-2H3,(H,19,20). The van der Waals surface area contributed by atoms with Crippen molar-refractivity contribution in [3.8, 4) is 5.75 Å². The summed E-state index contributed by atoms with van der Waals surface area (Å²) in [5, 5.41) is 3.22. The molecule has 0 heterocycles. The predicted octanol–water partition coefficient (Wildman–Crippen LogP) is 5.14. The van der Waals surface area contributed by atoms with E-state index in [-0.39, 0.29) is 12.0 Å². The SMILES string of the molecule is CC(C)Oc1ccccc1NC(=O)c1cccc(Br)c1Cl. The Morgan fingerprint density at radius 3 is 2.62 bits per heavy atom. The highest BCUT2D eigenvalue weighted by atomic mass is 79.9. The molecule has 0 fully saturated rings. The number of carbonyl (C=O) groups is 1. The molecule has 0 radical (unpaired) electrons. The lowest BCUT2D eigenvalue weighted by atomic mass is 10.2. The fourth-order valence-corrected chi connectivity index (χ4v) is 2.37. The molecular weight excluding hydrogens is 354 g/mol. The molecule has 0 aliphatic carbocycles. The molecule has 5 heteroatoms. The summed E-state index contributed by atoms with van der Waals surface area (Å²) >= 11 is 9.45. The van der Waals surface area contributed by atoms with E-state index in [0.717, 1.165) is 0 Å². The van der Waals surface area contributed by atoms with Gasteiger partial charge in [0.15, 0.2) is 0 Å². The normalized spacial score (nSPS) is 10.5. The Hall–Kier alpha value is -1.52. The smallest absolute Gasteiger partial charge is 0.257 e. The van der Waals surface area contributed by atoms with Crippen LogP contribution in [0.3, 0.4) is 0 Å². The number of carbonyl (C=O) groups excluding carboxylic acids is 1. The van der Waals surface area contributed by atoms with Gasteiger partial charge in [-0.25, -0.2) is 0 Å². The molecule has 3 nitrogen and oxygen atoms in total. The fourth-order valence-electron chi connectivity index (χ4n) is 1.80. The Morgan fingerprint density at radius 2 is 1.90 bits per heavy atom. The number of nitrogens with one attached hydrogen (secondary N) is 1. The minimum Gasteiger partial charge on any atom is -0.489 e. The van der Waals surface area contributed by atoms with Gasteiger partial charge < -0.3 is 10.1 Å². The highest BCUT2D eigenvalue weighted by molar-refractivity contribution is 9.10. The fraction of sp³-hybridized carbons (Fsp3) is 0.188. The van der Waals surface area contributed by atoms with Crippen LogP contribution in [0.25, 0.3) is 0 Å². The number of hydrogen-bond acceptors (Lipinski definition) is 2. The molecule has 0 saturated carbocycles. The summed E-state index contributed by atoms with van der Waals surface area (Å²) < 4.78 is 6.36. The first-order chi connectivity index (χ1) is 9.99. The van der Waals surface area contributed by atoms with E-state index >= 15 is 0 Å². The largest absolute Gasteiger partial charge is 0.489 e. The lowest BCUT2D eigenvalue weighted by molar-refractivity contribution is 0.102. The Bertz CT molecular complexity index is 658. The van der Waals surface area contributed by atoms with Crippen LogP contribution in [-0.4, -0.2) is 12.0 Å². The summed E-state index contributed by atoms with van der Waals surface area (Å²) in [6.07, 6.45) is 0.0255. The van der Waals surface area contributed by atoms with Gasteiger partial charge >= 0.3 is 0 Å². The summed E-state index contributed by atoms with van der Waals surface area (Å²) in [7, 11) is 0. The van der Waals surface area contributed by atoms with Crippen molar-refractivity contribution in [2.45, 2.75) is 20.0 Å². The van der Waals surface area contributed by atoms with Crippen molar-refractivity contribution in [2.24, 2.45) is 0 Å². The molecule has 0 atom stereocenters. The Morgan fingerprint density at radius 1 is 1.19 bits per heavy atom. The van der Waals surface area contributed by atoms with Crippen LogP contribution < -0.4 is 10.1 Å². The summed E-state index contributed by atoms with van der Waals surface area (Å²) in [6.45, 7) is 3.87. The number of para-hydroxylation sites is 2. The molecule has 0 saturated heterocycles. The average Bonchev–Trinajstić information content (AvgIpc) is 2.43. The molecule has 1 amide bonds. The van der Waals surface area contributed by atoms with Gasteiger partial charge in [-0.1, -0.05) is 29.8 Å². The van der Waals surface area contributed by atoms with Crippen molar-refractivity contribution in [2.75, 3.05) is 5.32 Å². The van der Waals surface area contributed by atoms with Crippen LogP contribution in [0.2, 0.25) is 5.02 Å². The van der Waals surface area contributed by atoms with Crippen LogP contribution in [0, 0.1) is 0 Å².